The molecule has 130 valence electrons. The van der Waals surface area contributed by atoms with E-state index in [2.05, 4.69) is 0 Å². The molecule has 2 rings (SSSR count). The molecule has 0 bridgehead atoms. The van der Waals surface area contributed by atoms with Crippen molar-refractivity contribution in [3.8, 4) is 0 Å². The van der Waals surface area contributed by atoms with Crippen LogP contribution < -0.4 is 0 Å². The Morgan fingerprint density at radius 3 is 2.29 bits per heavy atom. The summed E-state index contributed by atoms with van der Waals surface area (Å²) in [5.74, 6) is -2.04. The molecule has 0 spiro atoms. The zero-order chi connectivity index (χ0) is 17.7. The fourth-order valence-electron chi connectivity index (χ4n) is 2.91. The second-order valence-corrected chi connectivity index (χ2v) is 5.93. The van der Waals surface area contributed by atoms with Crippen molar-refractivity contribution < 1.29 is 28.8 Å². The number of imide groups is 2. The van der Waals surface area contributed by atoms with Crippen molar-refractivity contribution >= 4 is 30.1 Å². The second kappa shape index (κ2) is 7.85. The molecule has 0 radical (unpaired) electrons. The van der Waals surface area contributed by atoms with E-state index in [0.29, 0.717) is 37.3 Å². The van der Waals surface area contributed by atoms with Crippen LogP contribution in [0.2, 0.25) is 0 Å². The van der Waals surface area contributed by atoms with Crippen LogP contribution in [0.25, 0.3) is 0 Å². The highest BCUT2D eigenvalue weighted by atomic mass is 16.7. The topological polar surface area (TPSA) is 101 Å². The van der Waals surface area contributed by atoms with Crippen molar-refractivity contribution in [3.63, 3.8) is 0 Å². The summed E-state index contributed by atoms with van der Waals surface area (Å²) in [5, 5.41) is 0.432. The van der Waals surface area contributed by atoms with Gasteiger partial charge in [0, 0.05) is 25.1 Å². The van der Waals surface area contributed by atoms with Crippen LogP contribution in [0.15, 0.2) is 12.2 Å². The van der Waals surface area contributed by atoms with Crippen LogP contribution >= 0.6 is 0 Å². The van der Waals surface area contributed by atoms with Gasteiger partial charge in [0.25, 0.3) is 24.1 Å². The molecule has 8 nitrogen and oxygen atoms in total. The van der Waals surface area contributed by atoms with Gasteiger partial charge in [-0.05, 0) is 31.6 Å². The Morgan fingerprint density at radius 2 is 1.79 bits per heavy atom. The number of nitrogens with zero attached hydrogens (tertiary/aromatic N) is 2. The fraction of sp³-hybridized carbons (Fsp3) is 0.562. The smallest absolute Gasteiger partial charge is 0.330 e. The van der Waals surface area contributed by atoms with Gasteiger partial charge in [-0.1, -0.05) is 6.92 Å². The third kappa shape index (κ3) is 4.06. The zero-order valence-corrected chi connectivity index (χ0v) is 13.5. The van der Waals surface area contributed by atoms with Crippen molar-refractivity contribution in [2.24, 2.45) is 11.8 Å². The number of rotatable bonds is 5. The maximum Gasteiger partial charge on any atom is 0.336 e. The van der Waals surface area contributed by atoms with E-state index >= 15 is 0 Å². The highest BCUT2D eigenvalue weighted by Crippen LogP contribution is 2.30. The monoisotopic (exact) mass is 336 g/mol. The highest BCUT2D eigenvalue weighted by Gasteiger charge is 2.33. The average Bonchev–Trinajstić information content (AvgIpc) is 2.91. The Bertz CT molecular complexity index is 559. The van der Waals surface area contributed by atoms with Gasteiger partial charge in [0.15, 0.2) is 0 Å². The third-order valence-electron chi connectivity index (χ3n) is 4.35. The number of carbonyl (C=O) groups is 5. The number of carbonyl (C=O) groups excluding carboxylic acids is 5. The van der Waals surface area contributed by atoms with Gasteiger partial charge in [-0.15, -0.1) is 5.06 Å². The summed E-state index contributed by atoms with van der Waals surface area (Å²) in [4.78, 5) is 63.4. The van der Waals surface area contributed by atoms with Crippen LogP contribution in [-0.2, 0) is 28.8 Å². The third-order valence-corrected chi connectivity index (χ3v) is 4.35. The molecule has 0 atom stereocenters. The van der Waals surface area contributed by atoms with Gasteiger partial charge in [-0.3, -0.25) is 24.1 Å². The Morgan fingerprint density at radius 1 is 1.21 bits per heavy atom. The second-order valence-electron chi connectivity index (χ2n) is 5.93. The van der Waals surface area contributed by atoms with E-state index in [1.54, 1.807) is 6.92 Å². The number of amides is 4. The maximum atomic E-state index is 12.0. The Hall–Kier alpha value is -2.51. The summed E-state index contributed by atoms with van der Waals surface area (Å²) < 4.78 is 0. The van der Waals surface area contributed by atoms with Crippen LogP contribution in [-0.4, -0.2) is 46.6 Å². The Kier molecular flexibility index (Phi) is 5.83. The molecule has 0 saturated heterocycles. The van der Waals surface area contributed by atoms with E-state index < -0.39 is 17.8 Å². The minimum Gasteiger partial charge on any atom is -0.330 e. The number of hydroxylamine groups is 2. The predicted octanol–water partition coefficient (Wildman–Crippen LogP) is 0.571. The number of hydrogen-bond acceptors (Lipinski definition) is 6. The first-order chi connectivity index (χ1) is 11.5. The van der Waals surface area contributed by atoms with E-state index in [1.807, 2.05) is 0 Å². The van der Waals surface area contributed by atoms with Crippen LogP contribution in [0.4, 0.5) is 0 Å². The summed E-state index contributed by atoms with van der Waals surface area (Å²) in [5.41, 5.74) is 0. The highest BCUT2D eigenvalue weighted by molar-refractivity contribution is 6.12. The first-order valence-electron chi connectivity index (χ1n) is 7.99. The van der Waals surface area contributed by atoms with Crippen LogP contribution in [0.3, 0.4) is 0 Å². The Labute approximate surface area is 139 Å². The fourth-order valence-corrected chi connectivity index (χ4v) is 2.91. The van der Waals surface area contributed by atoms with Crippen LogP contribution in [0, 0.1) is 11.8 Å². The molecule has 1 aliphatic heterocycles. The van der Waals surface area contributed by atoms with E-state index in [9.17, 15) is 24.0 Å². The van der Waals surface area contributed by atoms with Gasteiger partial charge in [-0.25, -0.2) is 4.79 Å². The molecule has 1 heterocycles. The normalized spacial score (nSPS) is 23.3. The molecule has 1 fully saturated rings. The average molecular weight is 336 g/mol. The SMILES string of the molecule is CCC(=O)N(C=O)OC(=O)C1CCC(CN2C(=O)C=CC2=O)CC1. The molecule has 8 heteroatoms. The predicted molar refractivity (Wildman–Crippen MR) is 80.6 cm³/mol. The summed E-state index contributed by atoms with van der Waals surface area (Å²) >= 11 is 0. The lowest BCUT2D eigenvalue weighted by atomic mass is 9.82. The van der Waals surface area contributed by atoms with Crippen LogP contribution in [0.5, 0.6) is 0 Å². The molecule has 1 aliphatic carbocycles. The largest absolute Gasteiger partial charge is 0.336 e. The zero-order valence-electron chi connectivity index (χ0n) is 13.5. The van der Waals surface area contributed by atoms with Gasteiger partial charge in [0.1, 0.15) is 0 Å². The van der Waals surface area contributed by atoms with E-state index in [1.165, 1.54) is 17.1 Å². The lowest BCUT2D eigenvalue weighted by Crippen LogP contribution is -2.38. The molecule has 0 aromatic rings. The molecule has 0 unspecified atom stereocenters. The van der Waals surface area contributed by atoms with Gasteiger partial charge in [0.2, 0.25) is 0 Å². The van der Waals surface area contributed by atoms with Crippen molar-refractivity contribution in [3.05, 3.63) is 12.2 Å². The molecule has 2 aliphatic rings. The summed E-state index contributed by atoms with van der Waals surface area (Å²) in [6, 6.07) is 0. The molecule has 1 saturated carbocycles. The molecule has 0 aromatic heterocycles. The van der Waals surface area contributed by atoms with Crippen LogP contribution in [0.1, 0.15) is 39.0 Å². The standard InChI is InChI=1S/C16H20N2O6/c1-2-13(20)18(10-19)24-16(23)12-5-3-11(4-6-12)9-17-14(21)7-8-15(17)22/h7-8,10-12H,2-6,9H2,1H3. The molecular weight excluding hydrogens is 316 g/mol. The van der Waals surface area contributed by atoms with Gasteiger partial charge < -0.3 is 4.84 Å². The molecule has 0 aromatic carbocycles. The minimum absolute atomic E-state index is 0.0602. The Balaban J connectivity index is 1.80. The first-order valence-corrected chi connectivity index (χ1v) is 7.99. The lowest BCUT2D eigenvalue weighted by Gasteiger charge is -2.29. The molecule has 0 N–H and O–H groups in total. The van der Waals surface area contributed by atoms with E-state index in [4.69, 9.17) is 4.84 Å². The van der Waals surface area contributed by atoms with E-state index in [0.717, 1.165) is 0 Å². The minimum atomic E-state index is -0.600. The van der Waals surface area contributed by atoms with Crippen molar-refractivity contribution in [1.29, 1.82) is 0 Å². The number of hydrogen-bond donors (Lipinski definition) is 0. The van der Waals surface area contributed by atoms with Gasteiger partial charge in [-0.2, -0.15) is 0 Å². The molecular formula is C16H20N2O6. The van der Waals surface area contributed by atoms with Crippen molar-refractivity contribution in [2.75, 3.05) is 6.54 Å². The first kappa shape index (κ1) is 17.8. The van der Waals surface area contributed by atoms with Gasteiger partial charge in [0.05, 0.1) is 5.92 Å². The maximum absolute atomic E-state index is 12.0. The van der Waals surface area contributed by atoms with Gasteiger partial charge >= 0.3 is 5.97 Å². The lowest BCUT2D eigenvalue weighted by molar-refractivity contribution is -0.200. The summed E-state index contributed by atoms with van der Waals surface area (Å²) in [6.45, 7) is 1.91. The summed E-state index contributed by atoms with van der Waals surface area (Å²) in [6.07, 6.45) is 5.14. The van der Waals surface area contributed by atoms with Crippen molar-refractivity contribution in [2.45, 2.75) is 39.0 Å². The quantitative estimate of drug-likeness (QED) is 0.413. The summed E-state index contributed by atoms with van der Waals surface area (Å²) in [7, 11) is 0. The molecule has 24 heavy (non-hydrogen) atoms. The van der Waals surface area contributed by atoms with Crippen molar-refractivity contribution in [1.82, 2.24) is 9.96 Å². The molecule has 4 amide bonds. The van der Waals surface area contributed by atoms with E-state index in [-0.39, 0.29) is 30.6 Å².